The second-order valence-corrected chi connectivity index (χ2v) is 26.4. The second kappa shape index (κ2) is 20.4. The molecule has 21 rings (SSSR count). The summed E-state index contributed by atoms with van der Waals surface area (Å²) in [6, 6.07) is 112. The average molecular weight is 1230 g/mol. The van der Waals surface area contributed by atoms with Crippen LogP contribution in [0.15, 0.2) is 328 Å². The van der Waals surface area contributed by atoms with Crippen LogP contribution in [0, 0.1) is 0 Å². The molecule has 0 amide bonds. The number of anilines is 6. The van der Waals surface area contributed by atoms with Gasteiger partial charge in [0.1, 0.15) is 0 Å². The zero-order valence-electron chi connectivity index (χ0n) is 53.1. The molecule has 0 saturated carbocycles. The van der Waals surface area contributed by atoms with Crippen molar-refractivity contribution in [2.75, 3.05) is 9.80 Å². The van der Waals surface area contributed by atoms with Crippen molar-refractivity contribution in [3.8, 4) is 39.1 Å². The zero-order chi connectivity index (χ0) is 63.7. The van der Waals surface area contributed by atoms with Crippen LogP contribution in [-0.4, -0.2) is 20.1 Å². The fourth-order valence-electron chi connectivity index (χ4n) is 17.2. The van der Waals surface area contributed by atoms with E-state index in [1.54, 1.807) is 0 Å². The normalized spacial score (nSPS) is 13.2. The Morgan fingerprint density at radius 3 is 1.16 bits per heavy atom. The second-order valence-electron chi connectivity index (χ2n) is 26.4. The minimum atomic E-state index is -0.245. The highest BCUT2D eigenvalue weighted by Crippen LogP contribution is 2.52. The molecule has 0 unspecified atom stereocenters. The highest BCUT2D eigenvalue weighted by molar-refractivity contribution is 7.00. The lowest BCUT2D eigenvalue weighted by Crippen LogP contribution is -2.61. The van der Waals surface area contributed by atoms with Crippen molar-refractivity contribution < 1.29 is 0 Å². The number of fused-ring (bicyclic) bond motifs is 19. The van der Waals surface area contributed by atoms with Crippen molar-refractivity contribution in [1.29, 1.82) is 0 Å². The van der Waals surface area contributed by atoms with Gasteiger partial charge in [0.05, 0.1) is 49.8 Å². The van der Waals surface area contributed by atoms with Crippen LogP contribution in [0.25, 0.3) is 143 Å². The van der Waals surface area contributed by atoms with Gasteiger partial charge < -0.3 is 23.2 Å². The smallest absolute Gasteiger partial charge is 0.252 e. The molecule has 5 aromatic heterocycles. The van der Waals surface area contributed by atoms with Gasteiger partial charge in [-0.15, -0.1) is 0 Å². The predicted octanol–water partition coefficient (Wildman–Crippen LogP) is 22.3. The van der Waals surface area contributed by atoms with Gasteiger partial charge in [0.15, 0.2) is 0 Å². The molecule has 6 heteroatoms. The van der Waals surface area contributed by atoms with Gasteiger partial charge in [-0.05, 0) is 153 Å². The van der Waals surface area contributed by atoms with E-state index >= 15 is 0 Å². The van der Waals surface area contributed by atoms with Crippen LogP contribution in [0.3, 0.4) is 0 Å². The molecule has 0 N–H and O–H groups in total. The third-order valence-corrected chi connectivity index (χ3v) is 21.3. The highest BCUT2D eigenvalue weighted by atomic mass is 15.2. The van der Waals surface area contributed by atoms with Crippen LogP contribution in [-0.2, 0) is 0 Å². The molecule has 450 valence electrons. The molecule has 0 spiro atoms. The Bertz CT molecular complexity index is 6490. The average Bonchev–Trinajstić information content (AvgIpc) is 1.67. The van der Waals surface area contributed by atoms with E-state index in [9.17, 15) is 0 Å². The Morgan fingerprint density at radius 2 is 0.701 bits per heavy atom. The quantitative estimate of drug-likeness (QED) is 0.106. The maximum Gasteiger partial charge on any atom is 0.252 e. The maximum atomic E-state index is 4.04. The third-order valence-electron chi connectivity index (χ3n) is 21.3. The molecule has 0 radical (unpaired) electrons. The number of nitrogens with zero attached hydrogens (tertiary/aromatic N) is 5. The first-order chi connectivity index (χ1) is 48.0. The summed E-state index contributed by atoms with van der Waals surface area (Å²) in [5.74, 6) is 0. The molecule has 0 saturated heterocycles. The highest BCUT2D eigenvalue weighted by Gasteiger charge is 2.45. The van der Waals surface area contributed by atoms with Gasteiger partial charge >= 0.3 is 0 Å². The first-order valence-corrected chi connectivity index (χ1v) is 33.6. The lowest BCUT2D eigenvalue weighted by molar-refractivity contribution is 1.16. The first kappa shape index (κ1) is 53.8. The molecule has 7 heterocycles. The van der Waals surface area contributed by atoms with E-state index in [0.29, 0.717) is 0 Å². The number of rotatable bonds is 9. The van der Waals surface area contributed by atoms with E-state index < -0.39 is 0 Å². The molecule has 19 aromatic rings. The van der Waals surface area contributed by atoms with Gasteiger partial charge in [-0.2, -0.15) is 0 Å². The monoisotopic (exact) mass is 1230 g/mol. The minimum absolute atomic E-state index is 0.245. The van der Waals surface area contributed by atoms with E-state index in [1.165, 1.54) is 103 Å². The fraction of sp³-hybridized carbons (Fsp3) is 0.0110. The van der Waals surface area contributed by atoms with Crippen molar-refractivity contribution in [2.45, 2.75) is 6.92 Å². The fourth-order valence-corrected chi connectivity index (χ4v) is 17.2. The molecule has 5 nitrogen and oxygen atoms in total. The third kappa shape index (κ3) is 7.66. The summed E-state index contributed by atoms with van der Waals surface area (Å²) in [7, 11) is 0. The van der Waals surface area contributed by atoms with E-state index in [0.717, 1.165) is 95.4 Å². The molecule has 2 aliphatic heterocycles. The Morgan fingerprint density at radius 1 is 0.309 bits per heavy atom. The summed E-state index contributed by atoms with van der Waals surface area (Å²) in [5, 5.41) is 12.5. The predicted molar refractivity (Wildman–Crippen MR) is 413 cm³/mol. The van der Waals surface area contributed by atoms with Gasteiger partial charge in [-0.3, -0.25) is 0 Å². The number of benzene rings is 14. The number of hydrogen-bond donors (Lipinski definition) is 0. The maximum absolute atomic E-state index is 4.04. The van der Waals surface area contributed by atoms with Gasteiger partial charge in [0.25, 0.3) is 6.71 Å². The van der Waals surface area contributed by atoms with Gasteiger partial charge in [0, 0.05) is 88.0 Å². The van der Waals surface area contributed by atoms with Crippen LogP contribution in [0.4, 0.5) is 34.1 Å². The SMILES string of the molecule is C=C/C=C\C=C(/C)c1cc(-c2ccccc2)cc(N2c3cc4c(cc3B3c5cc6c7cccc8c9ccccc9n(c6cc5N(c5cc(-c6ccccc6)cc(-c6ccccc6)c5)c5cc(-n6c9ccccc9c9ccccc96)cc2c53)c87)c2cccc3c5ccccc5n4c32)c1. The molecule has 0 fully saturated rings. The molecule has 0 bridgehead atoms. The summed E-state index contributed by atoms with van der Waals surface area (Å²) in [4.78, 5) is 5.31. The van der Waals surface area contributed by atoms with Crippen molar-refractivity contribution in [2.24, 2.45) is 0 Å². The molecular formula is C91H58BN5. The zero-order valence-corrected chi connectivity index (χ0v) is 53.1. The Hall–Kier alpha value is -12.6. The topological polar surface area (TPSA) is 20.2 Å². The lowest BCUT2D eigenvalue weighted by atomic mass is 9.33. The van der Waals surface area contributed by atoms with E-state index in [1.807, 2.05) is 12.2 Å². The van der Waals surface area contributed by atoms with Crippen LogP contribution in [0.2, 0.25) is 0 Å². The van der Waals surface area contributed by atoms with Gasteiger partial charge in [-0.1, -0.05) is 243 Å². The minimum Gasteiger partial charge on any atom is -0.311 e. The van der Waals surface area contributed by atoms with Crippen LogP contribution in [0.1, 0.15) is 12.5 Å². The van der Waals surface area contributed by atoms with Crippen molar-refractivity contribution in [3.05, 3.63) is 334 Å². The van der Waals surface area contributed by atoms with E-state index in [4.69, 9.17) is 0 Å². The number of para-hydroxylation sites is 6. The Kier molecular flexibility index (Phi) is 11.3. The summed E-state index contributed by atoms with van der Waals surface area (Å²) in [5.41, 5.74) is 30.2. The Balaban J connectivity index is 0.969. The molecule has 14 aromatic carbocycles. The summed E-state index contributed by atoms with van der Waals surface area (Å²) < 4.78 is 7.64. The van der Waals surface area contributed by atoms with E-state index in [2.05, 4.69) is 346 Å². The van der Waals surface area contributed by atoms with Crippen LogP contribution in [0.5, 0.6) is 0 Å². The van der Waals surface area contributed by atoms with Crippen LogP contribution >= 0.6 is 0 Å². The molecule has 97 heavy (non-hydrogen) atoms. The summed E-state index contributed by atoms with van der Waals surface area (Å²) in [6.07, 6.45) is 8.17. The number of aromatic nitrogens is 3. The van der Waals surface area contributed by atoms with Crippen molar-refractivity contribution in [1.82, 2.24) is 13.4 Å². The largest absolute Gasteiger partial charge is 0.311 e. The molecule has 0 aliphatic carbocycles. The number of hydrogen-bond acceptors (Lipinski definition) is 2. The lowest BCUT2D eigenvalue weighted by Gasteiger charge is -2.45. The van der Waals surface area contributed by atoms with Crippen LogP contribution < -0.4 is 26.2 Å². The number of allylic oxidation sites excluding steroid dienone is 5. The first-order valence-electron chi connectivity index (χ1n) is 33.6. The Labute approximate surface area is 560 Å². The molecule has 0 atom stereocenters. The molecular weight excluding hydrogens is 1170 g/mol. The van der Waals surface area contributed by atoms with Gasteiger partial charge in [0.2, 0.25) is 0 Å². The van der Waals surface area contributed by atoms with Gasteiger partial charge in [-0.25, -0.2) is 0 Å². The van der Waals surface area contributed by atoms with E-state index in [-0.39, 0.29) is 6.71 Å². The standard InChI is InChI=1S/C91H58BN5/c1-3-4-8-25-56(2)60-44-61(57-26-9-5-10-27-57)47-64(46-60)94-85-54-83-75(73-38-23-36-71-69-34-17-21-42-81(69)96(83)90(71)73)52-77(85)92-78-53-76-74-39-24-37-72-70-35-18-22-43-82(70)97(91(72)74)84(76)55-86(78)95(65-48-62(58-28-11-6-12-29-58)45-63(49-65)59-30-13-7-14-31-59)88-51-66(50-87(94)89(88)92)93-79-40-19-15-32-67(79)68-33-16-20-41-80(68)93/h3-55H,1H2,2H3/b8-4-,56-25+. The summed E-state index contributed by atoms with van der Waals surface area (Å²) in [6.45, 7) is 6.03. The summed E-state index contributed by atoms with van der Waals surface area (Å²) >= 11 is 0. The van der Waals surface area contributed by atoms with Crippen molar-refractivity contribution in [3.63, 3.8) is 0 Å². The van der Waals surface area contributed by atoms with Crippen molar-refractivity contribution >= 4 is 161 Å². The molecule has 2 aliphatic rings.